The minimum absolute atomic E-state index is 0.260. The predicted octanol–water partition coefficient (Wildman–Crippen LogP) is 3.81. The maximum Gasteiger partial charge on any atom is 0.208 e. The molecule has 6 rings (SSSR count). The molecule has 3 aromatic carbocycles. The summed E-state index contributed by atoms with van der Waals surface area (Å²) in [6.45, 7) is 3.27. The molecular formula is C27H28N3O+. The maximum absolute atomic E-state index is 6.76. The number of rotatable bonds is 3. The molecule has 1 N–H and O–H groups in total. The zero-order valence-corrected chi connectivity index (χ0v) is 17.7. The second kappa shape index (κ2) is 7.54. The number of fused-ring (bicyclic) bond motifs is 4. The van der Waals surface area contributed by atoms with E-state index in [-0.39, 0.29) is 11.8 Å². The van der Waals surface area contributed by atoms with Crippen LogP contribution >= 0.6 is 0 Å². The van der Waals surface area contributed by atoms with Crippen LogP contribution in [0, 0.1) is 0 Å². The molecule has 0 aliphatic carbocycles. The molecular weight excluding hydrogens is 382 g/mol. The van der Waals surface area contributed by atoms with Crippen molar-refractivity contribution in [3.8, 4) is 5.75 Å². The monoisotopic (exact) mass is 410 g/mol. The molecule has 0 aromatic heterocycles. The van der Waals surface area contributed by atoms with Crippen LogP contribution in [0.3, 0.4) is 0 Å². The van der Waals surface area contributed by atoms with Crippen LogP contribution in [0.2, 0.25) is 0 Å². The van der Waals surface area contributed by atoms with E-state index < -0.39 is 0 Å². The topological polar surface area (TPSA) is 29.3 Å². The Morgan fingerprint density at radius 1 is 0.871 bits per heavy atom. The first-order valence-electron chi connectivity index (χ1n) is 11.4. The van der Waals surface area contributed by atoms with E-state index in [1.165, 1.54) is 22.4 Å². The Hall–Kier alpha value is -3.11. The molecule has 3 heterocycles. The average molecular weight is 411 g/mol. The summed E-state index contributed by atoms with van der Waals surface area (Å²) in [5.41, 5.74) is 4.73. The molecule has 31 heavy (non-hydrogen) atoms. The largest absolute Gasteiger partial charge is 0.466 e. The van der Waals surface area contributed by atoms with Gasteiger partial charge in [-0.15, -0.1) is 0 Å². The van der Waals surface area contributed by atoms with Crippen molar-refractivity contribution in [1.82, 2.24) is 5.01 Å². The number of nitrogens with one attached hydrogen (secondary N) is 1. The fourth-order valence-corrected chi connectivity index (χ4v) is 5.42. The van der Waals surface area contributed by atoms with Gasteiger partial charge in [-0.25, -0.2) is 5.01 Å². The Balaban J connectivity index is 1.29. The highest BCUT2D eigenvalue weighted by molar-refractivity contribution is 6.01. The lowest BCUT2D eigenvalue weighted by Gasteiger charge is -2.50. The summed E-state index contributed by atoms with van der Waals surface area (Å²) >= 11 is 0. The summed E-state index contributed by atoms with van der Waals surface area (Å²) < 4.78 is 6.76. The van der Waals surface area contributed by atoms with Gasteiger partial charge in [-0.3, -0.25) is 0 Å². The van der Waals surface area contributed by atoms with Crippen LogP contribution in [0.1, 0.15) is 42.0 Å². The number of quaternary nitrogens is 1. The number of hydrazone groups is 1. The van der Waals surface area contributed by atoms with Gasteiger partial charge in [0.15, 0.2) is 0 Å². The molecule has 0 unspecified atom stereocenters. The first-order valence-corrected chi connectivity index (χ1v) is 11.4. The van der Waals surface area contributed by atoms with E-state index in [2.05, 4.69) is 89.9 Å². The molecule has 3 aliphatic rings. The number of para-hydroxylation sites is 1. The van der Waals surface area contributed by atoms with Gasteiger partial charge in [-0.1, -0.05) is 78.9 Å². The van der Waals surface area contributed by atoms with Crippen LogP contribution in [-0.4, -0.2) is 29.5 Å². The van der Waals surface area contributed by atoms with Crippen LogP contribution in [0.4, 0.5) is 0 Å². The van der Waals surface area contributed by atoms with E-state index in [9.17, 15) is 0 Å². The summed E-state index contributed by atoms with van der Waals surface area (Å²) in [4.78, 5) is 1.63. The van der Waals surface area contributed by atoms with Gasteiger partial charge in [0.25, 0.3) is 0 Å². The van der Waals surface area contributed by atoms with E-state index in [1.54, 1.807) is 4.90 Å². The van der Waals surface area contributed by atoms with Crippen molar-refractivity contribution >= 4 is 5.71 Å². The van der Waals surface area contributed by atoms with E-state index in [1.807, 2.05) is 0 Å². The zero-order valence-electron chi connectivity index (χ0n) is 17.7. The molecule has 4 heteroatoms. The fraction of sp³-hybridized carbons (Fsp3) is 0.296. The molecule has 1 atom stereocenters. The Morgan fingerprint density at radius 3 is 2.32 bits per heavy atom. The van der Waals surface area contributed by atoms with Crippen molar-refractivity contribution in [2.45, 2.75) is 37.6 Å². The normalized spacial score (nSPS) is 26.7. The van der Waals surface area contributed by atoms with Crippen LogP contribution in [0.25, 0.3) is 0 Å². The molecule has 156 valence electrons. The van der Waals surface area contributed by atoms with Gasteiger partial charge >= 0.3 is 0 Å². The quantitative estimate of drug-likeness (QED) is 0.712. The van der Waals surface area contributed by atoms with Crippen molar-refractivity contribution < 1.29 is 9.64 Å². The molecule has 1 saturated heterocycles. The fourth-order valence-electron chi connectivity index (χ4n) is 5.42. The second-order valence-corrected chi connectivity index (χ2v) is 8.98. The van der Waals surface area contributed by atoms with Crippen molar-refractivity contribution in [2.75, 3.05) is 13.1 Å². The molecule has 0 bridgehead atoms. The van der Waals surface area contributed by atoms with Gasteiger partial charge in [0.2, 0.25) is 5.72 Å². The molecule has 3 aliphatic heterocycles. The minimum atomic E-state index is -0.338. The molecule has 1 fully saturated rings. The first kappa shape index (κ1) is 18.6. The van der Waals surface area contributed by atoms with Gasteiger partial charge in [-0.2, -0.15) is 5.10 Å². The molecule has 0 radical (unpaired) electrons. The highest BCUT2D eigenvalue weighted by Gasteiger charge is 2.52. The van der Waals surface area contributed by atoms with Crippen LogP contribution in [0.15, 0.2) is 90.0 Å². The van der Waals surface area contributed by atoms with E-state index in [4.69, 9.17) is 9.84 Å². The number of hydrogen-bond donors (Lipinski definition) is 1. The summed E-state index contributed by atoms with van der Waals surface area (Å²) in [5.74, 6) is 1.04. The summed E-state index contributed by atoms with van der Waals surface area (Å²) in [6.07, 6.45) is 2.92. The SMILES string of the molecule is c1ccc(C[NH+]2CCC3(CC2)Oc2ccccc2[C@@H]2CC(c4ccccc4)=NN23)cc1. The standard InChI is InChI=1S/C27H27N3O/c1-3-9-21(10-4-1)20-29-17-15-27(16-18-29)30-25(23-13-7-8-14-26(23)31-27)19-24(28-30)22-11-5-2-6-12-22/h1-14,25H,15-20H2/p+1/t25-/m0/s1. The molecule has 0 amide bonds. The highest BCUT2D eigenvalue weighted by Crippen LogP contribution is 2.49. The first-order chi connectivity index (χ1) is 15.3. The molecule has 1 spiro atoms. The third-order valence-corrected chi connectivity index (χ3v) is 7.05. The number of likely N-dealkylation sites (tertiary alicyclic amines) is 1. The maximum atomic E-state index is 6.76. The smallest absolute Gasteiger partial charge is 0.208 e. The molecule has 0 saturated carbocycles. The number of ether oxygens (including phenoxy) is 1. The summed E-state index contributed by atoms with van der Waals surface area (Å²) in [5, 5.41) is 7.50. The average Bonchev–Trinajstić information content (AvgIpc) is 3.29. The van der Waals surface area contributed by atoms with Crippen molar-refractivity contribution in [1.29, 1.82) is 0 Å². The van der Waals surface area contributed by atoms with E-state index >= 15 is 0 Å². The lowest BCUT2D eigenvalue weighted by atomic mass is 9.90. The predicted molar refractivity (Wildman–Crippen MR) is 122 cm³/mol. The van der Waals surface area contributed by atoms with Gasteiger partial charge in [0, 0.05) is 17.5 Å². The summed E-state index contributed by atoms with van der Waals surface area (Å²) in [7, 11) is 0. The van der Waals surface area contributed by atoms with Crippen LogP contribution < -0.4 is 9.64 Å². The number of nitrogens with zero attached hydrogens (tertiary/aromatic N) is 2. The minimum Gasteiger partial charge on any atom is -0.466 e. The Labute approximate surface area is 183 Å². The van der Waals surface area contributed by atoms with Crippen LogP contribution in [-0.2, 0) is 6.54 Å². The van der Waals surface area contributed by atoms with Gasteiger partial charge in [-0.05, 0) is 11.6 Å². The zero-order chi connectivity index (χ0) is 20.7. The van der Waals surface area contributed by atoms with Gasteiger partial charge in [0.05, 0.1) is 37.7 Å². The van der Waals surface area contributed by atoms with Crippen LogP contribution in [0.5, 0.6) is 5.75 Å². The Bertz CT molecular complexity index is 1090. The van der Waals surface area contributed by atoms with Gasteiger partial charge < -0.3 is 9.64 Å². The Kier molecular flexibility index (Phi) is 4.53. The molecule has 4 nitrogen and oxygen atoms in total. The van der Waals surface area contributed by atoms with E-state index in [0.29, 0.717) is 0 Å². The van der Waals surface area contributed by atoms with Crippen molar-refractivity contribution in [2.24, 2.45) is 5.10 Å². The van der Waals surface area contributed by atoms with Gasteiger partial charge in [0.1, 0.15) is 12.3 Å². The lowest BCUT2D eigenvalue weighted by molar-refractivity contribution is -0.921. The number of piperidine rings is 1. The Morgan fingerprint density at radius 2 is 1.55 bits per heavy atom. The third kappa shape index (κ3) is 3.31. The second-order valence-electron chi connectivity index (χ2n) is 8.98. The van der Waals surface area contributed by atoms with E-state index in [0.717, 1.165) is 44.6 Å². The summed E-state index contributed by atoms with van der Waals surface area (Å²) in [6, 6.07) is 30.2. The third-order valence-electron chi connectivity index (χ3n) is 7.05. The van der Waals surface area contributed by atoms with Crippen molar-refractivity contribution in [3.05, 3.63) is 102 Å². The lowest BCUT2D eigenvalue weighted by Crippen LogP contribution is -3.12. The highest BCUT2D eigenvalue weighted by atomic mass is 16.5. The van der Waals surface area contributed by atoms with Crippen molar-refractivity contribution in [3.63, 3.8) is 0 Å². The number of hydrogen-bond acceptors (Lipinski definition) is 3. The number of benzene rings is 3. The molecule has 3 aromatic rings.